The van der Waals surface area contributed by atoms with Crippen LogP contribution in [0, 0.1) is 0 Å². The Morgan fingerprint density at radius 2 is 1.21 bits per heavy atom. The molecular formula is C37H62O5. The molecule has 0 heterocycles. The van der Waals surface area contributed by atoms with Gasteiger partial charge in [0.2, 0.25) is 0 Å². The molecule has 0 aliphatic heterocycles. The van der Waals surface area contributed by atoms with Crippen LogP contribution in [-0.4, -0.2) is 40.6 Å². The number of esters is 1. The summed E-state index contributed by atoms with van der Waals surface area (Å²) in [5, 5.41) is 19.5. The molecular weight excluding hydrogens is 524 g/mol. The first kappa shape index (κ1) is 37.9. The van der Waals surface area contributed by atoms with Crippen molar-refractivity contribution in [2.24, 2.45) is 0 Å². The molecule has 4 atom stereocenters. The predicted octanol–water partition coefficient (Wildman–Crippen LogP) is 9.89. The molecule has 0 bridgehead atoms. The van der Waals surface area contributed by atoms with Gasteiger partial charge in [-0.3, -0.25) is 0 Å². The highest BCUT2D eigenvalue weighted by molar-refractivity contribution is 5.92. The van der Waals surface area contributed by atoms with Crippen molar-refractivity contribution in [2.45, 2.75) is 168 Å². The number of benzene rings is 1. The van der Waals surface area contributed by atoms with Crippen LogP contribution in [0.4, 0.5) is 0 Å². The van der Waals surface area contributed by atoms with Crippen molar-refractivity contribution in [3.63, 3.8) is 0 Å². The molecule has 0 aliphatic carbocycles. The molecule has 5 heteroatoms. The average molecular weight is 587 g/mol. The minimum atomic E-state index is -0.363. The molecule has 0 saturated heterocycles. The summed E-state index contributed by atoms with van der Waals surface area (Å²) in [6, 6.07) is 7.38. The normalized spacial score (nSPS) is 14.7. The molecule has 1 aromatic rings. The van der Waals surface area contributed by atoms with E-state index in [4.69, 9.17) is 9.47 Å². The fraction of sp³-hybridized carbons (Fsp3) is 0.703. The first-order chi connectivity index (χ1) is 20.4. The van der Waals surface area contributed by atoms with Gasteiger partial charge in [-0.1, -0.05) is 88.8 Å². The van der Waals surface area contributed by atoms with E-state index in [1.807, 2.05) is 25.1 Å². The van der Waals surface area contributed by atoms with E-state index < -0.39 is 0 Å². The van der Waals surface area contributed by atoms with Crippen LogP contribution in [0.1, 0.15) is 154 Å². The summed E-state index contributed by atoms with van der Waals surface area (Å²) in [7, 11) is 0. The highest BCUT2D eigenvalue weighted by Crippen LogP contribution is 2.25. The Balaban J connectivity index is 2.88. The molecule has 4 unspecified atom stereocenters. The molecule has 2 N–H and O–H groups in total. The molecule has 5 nitrogen and oxygen atoms in total. The van der Waals surface area contributed by atoms with Crippen molar-refractivity contribution in [1.82, 2.24) is 0 Å². The van der Waals surface area contributed by atoms with Gasteiger partial charge >= 0.3 is 5.97 Å². The summed E-state index contributed by atoms with van der Waals surface area (Å²) < 4.78 is 12.5. The SMILES string of the molecule is CCCCCCC=CCC(CCCC(C)O)OC(=O)c1ccccc1OC(CC=CCCCCCC)CCCC(C)O. The van der Waals surface area contributed by atoms with Gasteiger partial charge < -0.3 is 19.7 Å². The fourth-order valence-electron chi connectivity index (χ4n) is 4.97. The minimum absolute atomic E-state index is 0.0814. The third kappa shape index (κ3) is 19.9. The summed E-state index contributed by atoms with van der Waals surface area (Å²) in [5.41, 5.74) is 0.450. The fourth-order valence-corrected chi connectivity index (χ4v) is 4.97. The molecule has 1 aromatic carbocycles. The monoisotopic (exact) mass is 586 g/mol. The molecule has 0 radical (unpaired) electrons. The van der Waals surface area contributed by atoms with Crippen LogP contribution in [0.2, 0.25) is 0 Å². The summed E-state index contributed by atoms with van der Waals surface area (Å²) in [6.07, 6.45) is 25.9. The number of hydrogen-bond donors (Lipinski definition) is 2. The van der Waals surface area contributed by atoms with Gasteiger partial charge in [-0.2, -0.15) is 0 Å². The van der Waals surface area contributed by atoms with E-state index >= 15 is 0 Å². The first-order valence-corrected chi connectivity index (χ1v) is 17.0. The maximum Gasteiger partial charge on any atom is 0.342 e. The maximum absolute atomic E-state index is 13.4. The van der Waals surface area contributed by atoms with Crippen molar-refractivity contribution in [3.8, 4) is 5.75 Å². The number of unbranched alkanes of at least 4 members (excludes halogenated alkanes) is 8. The number of para-hydroxylation sites is 1. The second-order valence-electron chi connectivity index (χ2n) is 11.9. The third-order valence-electron chi connectivity index (χ3n) is 7.55. The van der Waals surface area contributed by atoms with Gasteiger partial charge in [-0.15, -0.1) is 0 Å². The average Bonchev–Trinajstić information content (AvgIpc) is 2.95. The lowest BCUT2D eigenvalue weighted by Gasteiger charge is -2.21. The number of rotatable bonds is 26. The van der Waals surface area contributed by atoms with Crippen LogP contribution in [0.15, 0.2) is 48.6 Å². The van der Waals surface area contributed by atoms with Crippen molar-refractivity contribution in [1.29, 1.82) is 0 Å². The Bertz CT molecular complexity index is 844. The van der Waals surface area contributed by atoms with E-state index in [2.05, 4.69) is 38.2 Å². The van der Waals surface area contributed by atoms with Crippen LogP contribution in [0.5, 0.6) is 5.75 Å². The number of aliphatic hydroxyl groups is 2. The van der Waals surface area contributed by atoms with Gasteiger partial charge in [0.15, 0.2) is 0 Å². The number of carbonyl (C=O) groups excluding carboxylic acids is 1. The van der Waals surface area contributed by atoms with Crippen molar-refractivity contribution in [2.75, 3.05) is 0 Å². The summed E-state index contributed by atoms with van der Waals surface area (Å²) >= 11 is 0. The van der Waals surface area contributed by atoms with Gasteiger partial charge in [0.05, 0.1) is 12.2 Å². The van der Waals surface area contributed by atoms with Crippen LogP contribution in [-0.2, 0) is 4.74 Å². The summed E-state index contributed by atoms with van der Waals surface area (Å²) in [4.78, 5) is 13.4. The van der Waals surface area contributed by atoms with Gasteiger partial charge in [0, 0.05) is 12.8 Å². The quantitative estimate of drug-likeness (QED) is 0.0642. The second kappa shape index (κ2) is 25.4. The Hall–Kier alpha value is -2.11. The van der Waals surface area contributed by atoms with Gasteiger partial charge in [-0.05, 0) is 90.2 Å². The van der Waals surface area contributed by atoms with E-state index in [0.717, 1.165) is 44.9 Å². The predicted molar refractivity (Wildman–Crippen MR) is 176 cm³/mol. The van der Waals surface area contributed by atoms with E-state index in [9.17, 15) is 15.0 Å². The topological polar surface area (TPSA) is 76.0 Å². The molecule has 0 fully saturated rings. The standard InChI is InChI=1S/C37H62O5/c1-5-7-9-11-13-15-17-25-33(27-21-23-31(3)38)41-36-30-20-19-29-35(36)37(40)42-34(28-22-24-32(4)39)26-18-16-14-12-10-8-6-2/h15-20,29-34,38-39H,5-14,21-28H2,1-4H3. The third-order valence-corrected chi connectivity index (χ3v) is 7.55. The number of ether oxygens (including phenoxy) is 2. The Morgan fingerprint density at radius 1 is 0.690 bits per heavy atom. The molecule has 240 valence electrons. The highest BCUT2D eigenvalue weighted by atomic mass is 16.5. The molecule has 0 saturated carbocycles. The maximum atomic E-state index is 13.4. The molecule has 0 aromatic heterocycles. The Labute approximate surface area is 257 Å². The molecule has 0 aliphatic rings. The van der Waals surface area contributed by atoms with Crippen LogP contribution in [0.3, 0.4) is 0 Å². The lowest BCUT2D eigenvalue weighted by atomic mass is 10.1. The van der Waals surface area contributed by atoms with Crippen LogP contribution < -0.4 is 4.74 Å². The lowest BCUT2D eigenvalue weighted by Crippen LogP contribution is -2.21. The summed E-state index contributed by atoms with van der Waals surface area (Å²) in [5.74, 6) is 0.188. The summed E-state index contributed by atoms with van der Waals surface area (Å²) in [6.45, 7) is 8.06. The van der Waals surface area contributed by atoms with Crippen LogP contribution in [0.25, 0.3) is 0 Å². The van der Waals surface area contributed by atoms with Gasteiger partial charge in [0.25, 0.3) is 0 Å². The van der Waals surface area contributed by atoms with E-state index in [1.54, 1.807) is 13.0 Å². The van der Waals surface area contributed by atoms with Crippen LogP contribution >= 0.6 is 0 Å². The van der Waals surface area contributed by atoms with E-state index in [1.165, 1.54) is 51.4 Å². The minimum Gasteiger partial charge on any atom is -0.489 e. The number of allylic oxidation sites excluding steroid dienone is 2. The number of carbonyl (C=O) groups is 1. The van der Waals surface area contributed by atoms with E-state index in [-0.39, 0.29) is 30.4 Å². The molecule has 0 amide bonds. The van der Waals surface area contributed by atoms with E-state index in [0.29, 0.717) is 30.6 Å². The second-order valence-corrected chi connectivity index (χ2v) is 11.9. The van der Waals surface area contributed by atoms with Gasteiger partial charge in [-0.25, -0.2) is 4.79 Å². The van der Waals surface area contributed by atoms with Crippen molar-refractivity contribution >= 4 is 5.97 Å². The zero-order chi connectivity index (χ0) is 30.8. The Morgan fingerprint density at radius 3 is 1.76 bits per heavy atom. The zero-order valence-electron chi connectivity index (χ0n) is 27.3. The first-order valence-electron chi connectivity index (χ1n) is 17.0. The lowest BCUT2D eigenvalue weighted by molar-refractivity contribution is 0.0270. The molecule has 42 heavy (non-hydrogen) atoms. The highest BCUT2D eigenvalue weighted by Gasteiger charge is 2.21. The number of aliphatic hydroxyl groups excluding tert-OH is 2. The smallest absolute Gasteiger partial charge is 0.342 e. The number of hydrogen-bond acceptors (Lipinski definition) is 5. The van der Waals surface area contributed by atoms with Crippen molar-refractivity contribution in [3.05, 3.63) is 54.1 Å². The van der Waals surface area contributed by atoms with Gasteiger partial charge in [0.1, 0.15) is 23.5 Å². The van der Waals surface area contributed by atoms with Crippen molar-refractivity contribution < 1.29 is 24.5 Å². The Kier molecular flexibility index (Phi) is 22.9. The molecule has 1 rings (SSSR count). The zero-order valence-corrected chi connectivity index (χ0v) is 27.3. The molecule has 0 spiro atoms. The largest absolute Gasteiger partial charge is 0.489 e.